The van der Waals surface area contributed by atoms with Gasteiger partial charge < -0.3 is 24.8 Å². The van der Waals surface area contributed by atoms with Crippen LogP contribution in [0.4, 0.5) is 0 Å². The van der Waals surface area contributed by atoms with Crippen LogP contribution in [0.15, 0.2) is 35.5 Å². The Morgan fingerprint density at radius 2 is 1.78 bits per heavy atom. The van der Waals surface area contributed by atoms with E-state index < -0.39 is 42.1 Å². The number of carbonyl (C=O) groups is 2. The molecule has 234 valence electrons. The summed E-state index contributed by atoms with van der Waals surface area (Å²) < 4.78 is 12.2. The smallest absolute Gasteiger partial charge is 0.311 e. The van der Waals surface area contributed by atoms with Gasteiger partial charge in [0, 0.05) is 18.8 Å². The zero-order valence-corrected chi connectivity index (χ0v) is 26.6. The fourth-order valence-corrected chi connectivity index (χ4v) is 6.41. The molecule has 2 bridgehead atoms. The summed E-state index contributed by atoms with van der Waals surface area (Å²) in [5.74, 6) is -2.75. The number of carbonyl (C=O) groups excluding carboxylic acids is 2. The Hall–Kier alpha value is -1.80. The van der Waals surface area contributed by atoms with Crippen molar-refractivity contribution in [3.8, 4) is 0 Å². The molecule has 2 heterocycles. The largest absolute Gasteiger partial charge is 0.462 e. The first-order valence-corrected chi connectivity index (χ1v) is 15.7. The summed E-state index contributed by atoms with van der Waals surface area (Å²) in [6, 6.07) is 0. The first-order chi connectivity index (χ1) is 19.2. The highest BCUT2D eigenvalue weighted by atomic mass is 16.6. The molecule has 3 N–H and O–H groups in total. The number of cyclic esters (lactones) is 1. The molecule has 0 unspecified atom stereocenters. The molecule has 0 saturated heterocycles. The van der Waals surface area contributed by atoms with Crippen LogP contribution in [-0.2, 0) is 19.1 Å². The lowest BCUT2D eigenvalue weighted by molar-refractivity contribution is -0.229. The van der Waals surface area contributed by atoms with E-state index in [2.05, 4.69) is 19.9 Å². The SMILES string of the molecule is CCC(=O)[C@@H](C)[C@@H](O)[C@H](C)C[C@@H](C)[C@H]1OC(=O)C[C@@]2(O)CC=C(C)[C@H](O2)/C(C)=C\CCC[C@@H](O)/C=C\[C@H](C)C[C@H]1C. The third-order valence-corrected chi connectivity index (χ3v) is 8.99. The molecule has 0 aromatic heterocycles. The number of ketones is 1. The molecule has 2 aliphatic rings. The minimum absolute atomic E-state index is 0.0225. The molecule has 0 fully saturated rings. The standard InChI is InChI=1S/C34H56O7/c1-9-29(36)27(8)31(38)24(5)19-26(7)32-25(6)18-21(2)14-15-28(35)13-11-10-12-22(3)33-23(4)16-17-34(39,41-33)20-30(37)40-32/h12,14-16,21,24-28,31-33,35,38-39H,9-11,13,17-20H2,1-8H3/b15-14-,22-12-/t21-,24+,25+,26+,27+,28+,31-,32-,33+,34+/m0/s1. The third-order valence-electron chi connectivity index (χ3n) is 8.99. The maximum absolute atomic E-state index is 13.3. The number of Topliss-reactive ketones (excluding diaryl/α,β-unsaturated/α-hetero) is 1. The molecule has 7 heteroatoms. The van der Waals surface area contributed by atoms with E-state index in [9.17, 15) is 24.9 Å². The molecule has 41 heavy (non-hydrogen) atoms. The van der Waals surface area contributed by atoms with Gasteiger partial charge in [0.25, 0.3) is 0 Å². The van der Waals surface area contributed by atoms with Crippen LogP contribution < -0.4 is 0 Å². The topological polar surface area (TPSA) is 113 Å². The van der Waals surface area contributed by atoms with Crippen LogP contribution in [0.25, 0.3) is 0 Å². The predicted molar refractivity (Wildman–Crippen MR) is 162 cm³/mol. The van der Waals surface area contributed by atoms with Gasteiger partial charge in [-0.3, -0.25) is 9.59 Å². The number of aliphatic hydroxyl groups is 3. The summed E-state index contributed by atoms with van der Waals surface area (Å²) in [5.41, 5.74) is 1.96. The molecule has 0 spiro atoms. The van der Waals surface area contributed by atoms with Crippen molar-refractivity contribution in [3.05, 3.63) is 35.5 Å². The van der Waals surface area contributed by atoms with Gasteiger partial charge >= 0.3 is 5.97 Å². The average Bonchev–Trinajstić information content (AvgIpc) is 2.92. The van der Waals surface area contributed by atoms with Crippen molar-refractivity contribution in [2.24, 2.45) is 29.6 Å². The Balaban J connectivity index is 2.31. The first kappa shape index (κ1) is 35.4. The number of hydrogen-bond acceptors (Lipinski definition) is 7. The van der Waals surface area contributed by atoms with Crippen LogP contribution in [0.1, 0.15) is 107 Å². The van der Waals surface area contributed by atoms with Crippen LogP contribution in [-0.4, -0.2) is 57.3 Å². The number of ether oxygens (including phenoxy) is 2. The predicted octanol–water partition coefficient (Wildman–Crippen LogP) is 6.06. The van der Waals surface area contributed by atoms with Crippen LogP contribution in [0, 0.1) is 29.6 Å². The molecule has 2 aliphatic heterocycles. The van der Waals surface area contributed by atoms with Crippen molar-refractivity contribution in [1.29, 1.82) is 0 Å². The zero-order chi connectivity index (χ0) is 30.9. The van der Waals surface area contributed by atoms with E-state index >= 15 is 0 Å². The molecule has 0 aliphatic carbocycles. The summed E-state index contributed by atoms with van der Waals surface area (Å²) >= 11 is 0. The van der Waals surface area contributed by atoms with Gasteiger partial charge in [0.1, 0.15) is 18.0 Å². The minimum atomic E-state index is -1.66. The molecular formula is C34H56O7. The van der Waals surface area contributed by atoms with Gasteiger partial charge in [-0.15, -0.1) is 0 Å². The lowest BCUT2D eigenvalue weighted by Crippen LogP contribution is -2.44. The fourth-order valence-electron chi connectivity index (χ4n) is 6.41. The monoisotopic (exact) mass is 576 g/mol. The molecule has 0 aromatic rings. The van der Waals surface area contributed by atoms with Gasteiger partial charge in [-0.05, 0) is 80.8 Å². The normalized spacial score (nSPS) is 35.8. The zero-order valence-electron chi connectivity index (χ0n) is 26.6. The van der Waals surface area contributed by atoms with Crippen molar-refractivity contribution in [1.82, 2.24) is 0 Å². The molecule has 0 radical (unpaired) electrons. The van der Waals surface area contributed by atoms with E-state index in [1.165, 1.54) is 0 Å². The highest BCUT2D eigenvalue weighted by molar-refractivity contribution is 5.80. The summed E-state index contributed by atoms with van der Waals surface area (Å²) in [5, 5.41) is 32.7. The van der Waals surface area contributed by atoms with Crippen LogP contribution in [0.3, 0.4) is 0 Å². The summed E-state index contributed by atoms with van der Waals surface area (Å²) in [6.07, 6.45) is 9.60. The van der Waals surface area contributed by atoms with E-state index in [1.807, 2.05) is 45.9 Å². The maximum Gasteiger partial charge on any atom is 0.311 e. The fraction of sp³-hybridized carbons (Fsp3) is 0.765. The quantitative estimate of drug-likeness (QED) is 0.249. The molecule has 0 aromatic carbocycles. The second kappa shape index (κ2) is 16.2. The summed E-state index contributed by atoms with van der Waals surface area (Å²) in [4.78, 5) is 25.6. The number of hydrogen-bond donors (Lipinski definition) is 3. The minimum Gasteiger partial charge on any atom is -0.462 e. The van der Waals surface area contributed by atoms with E-state index in [0.717, 1.165) is 30.4 Å². The Labute approximate surface area is 248 Å². The highest BCUT2D eigenvalue weighted by Crippen LogP contribution is 2.35. The van der Waals surface area contributed by atoms with E-state index in [0.29, 0.717) is 19.3 Å². The van der Waals surface area contributed by atoms with E-state index in [4.69, 9.17) is 9.47 Å². The second-order valence-electron chi connectivity index (χ2n) is 13.0. The van der Waals surface area contributed by atoms with Crippen molar-refractivity contribution in [2.45, 2.75) is 137 Å². The van der Waals surface area contributed by atoms with E-state index in [-0.39, 0.29) is 42.3 Å². The summed E-state index contributed by atoms with van der Waals surface area (Å²) in [6.45, 7) is 15.6. The highest BCUT2D eigenvalue weighted by Gasteiger charge is 2.40. The first-order valence-electron chi connectivity index (χ1n) is 15.7. The Kier molecular flexibility index (Phi) is 13.9. The number of aliphatic hydroxyl groups excluding tert-OH is 2. The van der Waals surface area contributed by atoms with Gasteiger partial charge in [-0.2, -0.15) is 0 Å². The van der Waals surface area contributed by atoms with Crippen molar-refractivity contribution in [2.75, 3.05) is 0 Å². The third kappa shape index (κ3) is 10.8. The second-order valence-corrected chi connectivity index (χ2v) is 13.0. The molecule has 2 rings (SSSR count). The van der Waals surface area contributed by atoms with Crippen molar-refractivity contribution in [3.63, 3.8) is 0 Å². The van der Waals surface area contributed by atoms with Crippen LogP contribution in [0.2, 0.25) is 0 Å². The summed E-state index contributed by atoms with van der Waals surface area (Å²) in [7, 11) is 0. The van der Waals surface area contributed by atoms with Crippen molar-refractivity contribution < 1.29 is 34.4 Å². The number of esters is 1. The lowest BCUT2D eigenvalue weighted by atomic mass is 9.79. The Bertz CT molecular complexity index is 953. The van der Waals surface area contributed by atoms with E-state index in [1.54, 1.807) is 13.8 Å². The van der Waals surface area contributed by atoms with Gasteiger partial charge in [-0.25, -0.2) is 0 Å². The van der Waals surface area contributed by atoms with Crippen LogP contribution in [0.5, 0.6) is 0 Å². The van der Waals surface area contributed by atoms with Gasteiger partial charge in [0.15, 0.2) is 5.79 Å². The maximum atomic E-state index is 13.3. The lowest BCUT2D eigenvalue weighted by Gasteiger charge is -2.38. The molecule has 0 amide bonds. The average molecular weight is 577 g/mol. The Morgan fingerprint density at radius 1 is 1.12 bits per heavy atom. The number of allylic oxidation sites excluding steroid dienone is 2. The molecule has 10 atom stereocenters. The van der Waals surface area contributed by atoms with Gasteiger partial charge in [0.2, 0.25) is 0 Å². The van der Waals surface area contributed by atoms with Crippen LogP contribution >= 0.6 is 0 Å². The molecule has 0 saturated carbocycles. The van der Waals surface area contributed by atoms with Gasteiger partial charge in [0.05, 0.1) is 18.6 Å². The number of fused-ring (bicyclic) bond motifs is 2. The molecule has 7 nitrogen and oxygen atoms in total. The number of rotatable bonds is 7. The Morgan fingerprint density at radius 3 is 2.44 bits per heavy atom. The van der Waals surface area contributed by atoms with Gasteiger partial charge in [-0.1, -0.05) is 65.8 Å². The van der Waals surface area contributed by atoms with Crippen molar-refractivity contribution >= 4 is 11.8 Å². The molecular weight excluding hydrogens is 520 g/mol.